The first-order valence-electron chi connectivity index (χ1n) is 8.12. The highest BCUT2D eigenvalue weighted by atomic mass is 32.1. The average molecular weight is 374 g/mol. The van der Waals surface area contributed by atoms with Crippen LogP contribution in [0.1, 0.15) is 24.0 Å². The van der Waals surface area contributed by atoms with Crippen molar-refractivity contribution in [3.05, 3.63) is 57.2 Å². The van der Waals surface area contributed by atoms with Gasteiger partial charge in [-0.2, -0.15) is 18.4 Å². The second kappa shape index (κ2) is 5.99. The lowest BCUT2D eigenvalue weighted by Gasteiger charge is -2.10. The van der Waals surface area contributed by atoms with E-state index in [1.807, 2.05) is 12.1 Å². The molecule has 3 nitrogen and oxygen atoms in total. The fraction of sp³-hybridized carbons (Fsp3) is 0.263. The molecule has 0 radical (unpaired) electrons. The van der Waals surface area contributed by atoms with Crippen molar-refractivity contribution in [2.24, 2.45) is 5.92 Å². The fourth-order valence-corrected chi connectivity index (χ4v) is 3.97. The molecule has 1 heterocycles. The van der Waals surface area contributed by atoms with Crippen LogP contribution in [-0.2, 0) is 12.7 Å². The van der Waals surface area contributed by atoms with Gasteiger partial charge in [-0.05, 0) is 54.2 Å². The van der Waals surface area contributed by atoms with Gasteiger partial charge in [0.25, 0.3) is 0 Å². The van der Waals surface area contributed by atoms with Crippen molar-refractivity contribution in [1.29, 1.82) is 5.26 Å². The predicted molar refractivity (Wildman–Crippen MR) is 94.0 cm³/mol. The van der Waals surface area contributed by atoms with E-state index in [0.717, 1.165) is 46.5 Å². The average Bonchev–Trinajstić information content (AvgIpc) is 3.37. The van der Waals surface area contributed by atoms with Crippen LogP contribution in [0.5, 0.6) is 0 Å². The highest BCUT2D eigenvalue weighted by molar-refractivity contribution is 7.16. The molecule has 0 aliphatic heterocycles. The third-order valence-corrected chi connectivity index (χ3v) is 5.53. The highest BCUT2D eigenvalue weighted by Crippen LogP contribution is 2.35. The minimum atomic E-state index is -4.49. The molecule has 7 heteroatoms. The molecular formula is C19H13F3N2OS. The summed E-state index contributed by atoms with van der Waals surface area (Å²) < 4.78 is 41.1. The lowest BCUT2D eigenvalue weighted by Crippen LogP contribution is -2.13. The van der Waals surface area contributed by atoms with Crippen LogP contribution in [0.25, 0.3) is 21.3 Å². The van der Waals surface area contributed by atoms with Gasteiger partial charge in [0.05, 0.1) is 27.4 Å². The Morgan fingerprint density at radius 2 is 1.96 bits per heavy atom. The Kier molecular flexibility index (Phi) is 3.88. The molecule has 0 amide bonds. The van der Waals surface area contributed by atoms with E-state index >= 15 is 0 Å². The third kappa shape index (κ3) is 3.01. The Hall–Kier alpha value is -2.59. The molecule has 0 atom stereocenters. The first-order chi connectivity index (χ1) is 12.4. The number of thiazole rings is 1. The molecule has 132 valence electrons. The Morgan fingerprint density at radius 3 is 2.62 bits per heavy atom. The van der Waals surface area contributed by atoms with Gasteiger partial charge in [-0.3, -0.25) is 9.36 Å². The molecule has 0 bridgehead atoms. The van der Waals surface area contributed by atoms with Crippen molar-refractivity contribution in [2.45, 2.75) is 25.6 Å². The zero-order chi connectivity index (χ0) is 18.5. The van der Waals surface area contributed by atoms with Gasteiger partial charge in [-0.1, -0.05) is 23.5 Å². The van der Waals surface area contributed by atoms with Crippen LogP contribution in [0.3, 0.4) is 0 Å². The molecule has 0 N–H and O–H groups in total. The second-order valence-electron chi connectivity index (χ2n) is 6.47. The predicted octanol–water partition coefficient (Wildman–Crippen LogP) is 5.03. The zero-order valence-electron chi connectivity index (χ0n) is 13.5. The molecule has 0 saturated heterocycles. The van der Waals surface area contributed by atoms with Gasteiger partial charge >= 0.3 is 11.0 Å². The van der Waals surface area contributed by atoms with Crippen molar-refractivity contribution >= 4 is 21.6 Å². The molecule has 3 aromatic rings. The van der Waals surface area contributed by atoms with E-state index in [1.54, 1.807) is 16.7 Å². The molecule has 0 unspecified atom stereocenters. The van der Waals surface area contributed by atoms with Crippen LogP contribution < -0.4 is 4.87 Å². The molecule has 4 rings (SSSR count). The minimum absolute atomic E-state index is 0.0306. The number of fused-ring (bicyclic) bond motifs is 1. The Balaban J connectivity index is 1.80. The standard InChI is InChI=1S/C19H13F3N2OS/c20-19(21,22)14-4-5-15(13(7-14)9-23)12-3-6-16-17(8-12)26-18(25)24(16)10-11-1-2-11/h3-8,11H,1-2,10H2. The summed E-state index contributed by atoms with van der Waals surface area (Å²) in [6.45, 7) is 0.710. The Morgan fingerprint density at radius 1 is 1.19 bits per heavy atom. The van der Waals surface area contributed by atoms with Crippen LogP contribution in [0, 0.1) is 17.2 Å². The van der Waals surface area contributed by atoms with E-state index in [-0.39, 0.29) is 10.4 Å². The fourth-order valence-electron chi connectivity index (χ4n) is 3.03. The number of halogens is 3. The molecule has 1 aliphatic carbocycles. The van der Waals surface area contributed by atoms with Crippen LogP contribution in [-0.4, -0.2) is 4.57 Å². The molecule has 2 aromatic carbocycles. The summed E-state index contributed by atoms with van der Waals surface area (Å²) in [5.41, 5.74) is 1.00. The molecule has 1 saturated carbocycles. The van der Waals surface area contributed by atoms with Crippen molar-refractivity contribution < 1.29 is 13.2 Å². The van der Waals surface area contributed by atoms with Crippen molar-refractivity contribution in [2.75, 3.05) is 0 Å². The summed E-state index contributed by atoms with van der Waals surface area (Å²) in [4.78, 5) is 12.2. The first kappa shape index (κ1) is 16.9. The number of aromatic nitrogens is 1. The number of hydrogen-bond acceptors (Lipinski definition) is 3. The van der Waals surface area contributed by atoms with E-state index < -0.39 is 11.7 Å². The quantitative estimate of drug-likeness (QED) is 0.645. The van der Waals surface area contributed by atoms with E-state index in [0.29, 0.717) is 23.6 Å². The minimum Gasteiger partial charge on any atom is -0.298 e. The Labute approximate surface area is 150 Å². The number of rotatable bonds is 3. The molecule has 1 fully saturated rings. The van der Waals surface area contributed by atoms with E-state index in [1.165, 1.54) is 6.07 Å². The number of hydrogen-bond donors (Lipinski definition) is 0. The van der Waals surface area contributed by atoms with Gasteiger partial charge in [-0.25, -0.2) is 0 Å². The zero-order valence-corrected chi connectivity index (χ0v) is 14.3. The van der Waals surface area contributed by atoms with Gasteiger partial charge in [-0.15, -0.1) is 0 Å². The van der Waals surface area contributed by atoms with Crippen LogP contribution in [0.15, 0.2) is 41.2 Å². The lowest BCUT2D eigenvalue weighted by molar-refractivity contribution is -0.137. The highest BCUT2D eigenvalue weighted by Gasteiger charge is 2.31. The van der Waals surface area contributed by atoms with Gasteiger partial charge in [0.15, 0.2) is 0 Å². The summed E-state index contributed by atoms with van der Waals surface area (Å²) in [6.07, 6.45) is -2.22. The monoisotopic (exact) mass is 374 g/mol. The second-order valence-corrected chi connectivity index (χ2v) is 7.47. The maximum atomic E-state index is 12.9. The normalized spacial score (nSPS) is 14.5. The van der Waals surface area contributed by atoms with Crippen LogP contribution in [0.4, 0.5) is 13.2 Å². The van der Waals surface area contributed by atoms with E-state index in [9.17, 15) is 23.2 Å². The third-order valence-electron chi connectivity index (χ3n) is 4.58. The largest absolute Gasteiger partial charge is 0.416 e. The van der Waals surface area contributed by atoms with E-state index in [2.05, 4.69) is 0 Å². The SMILES string of the molecule is N#Cc1cc(C(F)(F)F)ccc1-c1ccc2c(c1)sc(=O)n2CC1CC1. The van der Waals surface area contributed by atoms with E-state index in [4.69, 9.17) is 0 Å². The number of benzene rings is 2. The van der Waals surface area contributed by atoms with Crippen molar-refractivity contribution in [3.63, 3.8) is 0 Å². The Bertz CT molecular complexity index is 1100. The van der Waals surface area contributed by atoms with Crippen LogP contribution in [0.2, 0.25) is 0 Å². The van der Waals surface area contributed by atoms with Gasteiger partial charge in [0.2, 0.25) is 0 Å². The van der Waals surface area contributed by atoms with Crippen molar-refractivity contribution in [3.8, 4) is 17.2 Å². The maximum absolute atomic E-state index is 12.9. The maximum Gasteiger partial charge on any atom is 0.416 e. The number of alkyl halides is 3. The van der Waals surface area contributed by atoms with Crippen molar-refractivity contribution in [1.82, 2.24) is 4.57 Å². The summed E-state index contributed by atoms with van der Waals surface area (Å²) in [6, 6.07) is 10.3. The molecule has 26 heavy (non-hydrogen) atoms. The smallest absolute Gasteiger partial charge is 0.298 e. The molecule has 1 aliphatic rings. The van der Waals surface area contributed by atoms with Gasteiger partial charge < -0.3 is 0 Å². The number of nitrogens with zero attached hydrogens (tertiary/aromatic N) is 2. The van der Waals surface area contributed by atoms with Gasteiger partial charge in [0, 0.05) is 6.54 Å². The van der Waals surface area contributed by atoms with Crippen LogP contribution >= 0.6 is 11.3 Å². The molecular weight excluding hydrogens is 361 g/mol. The summed E-state index contributed by atoms with van der Waals surface area (Å²) in [7, 11) is 0. The lowest BCUT2D eigenvalue weighted by atomic mass is 9.98. The summed E-state index contributed by atoms with van der Waals surface area (Å²) in [5.74, 6) is 0.560. The topological polar surface area (TPSA) is 45.8 Å². The summed E-state index contributed by atoms with van der Waals surface area (Å²) in [5, 5.41) is 9.27. The molecule has 0 spiro atoms. The molecule has 1 aromatic heterocycles. The first-order valence-corrected chi connectivity index (χ1v) is 8.93. The number of nitriles is 1. The summed E-state index contributed by atoms with van der Waals surface area (Å²) >= 11 is 1.12. The van der Waals surface area contributed by atoms with Gasteiger partial charge in [0.1, 0.15) is 0 Å².